The molecule has 0 spiro atoms. The van der Waals surface area contributed by atoms with Crippen molar-refractivity contribution in [2.24, 2.45) is 16.6 Å². The maximum Gasteiger partial charge on any atom is 0.284 e. The first-order chi connectivity index (χ1) is 11.6. The van der Waals surface area contributed by atoms with Crippen LogP contribution in [0.15, 0.2) is 21.5 Å². The molecule has 0 radical (unpaired) electrons. The summed E-state index contributed by atoms with van der Waals surface area (Å²) in [5.41, 5.74) is 5.19. The molecule has 0 atom stereocenters. The molecule has 1 aliphatic rings. The lowest BCUT2D eigenvalue weighted by molar-refractivity contribution is 0.0625. The van der Waals surface area contributed by atoms with Crippen LogP contribution in [0.3, 0.4) is 0 Å². The summed E-state index contributed by atoms with van der Waals surface area (Å²) in [4.78, 5) is 17.8. The van der Waals surface area contributed by atoms with Gasteiger partial charge in [0.25, 0.3) is 5.91 Å². The number of amides is 1. The Labute approximate surface area is 166 Å². The highest BCUT2D eigenvalue weighted by atomic mass is 127. The number of rotatable bonds is 7. The van der Waals surface area contributed by atoms with E-state index in [1.807, 2.05) is 14.0 Å². The van der Waals surface area contributed by atoms with E-state index in [1.54, 1.807) is 12.1 Å². The first-order valence-corrected chi connectivity index (χ1v) is 8.55. The average molecular weight is 464 g/mol. The standard InChI is InChI=1S/C17H28N4O3.HI/c1-3-19-17(20-12-14-4-5-15(24-14)16(18)22)21(2)9-6-13-7-10-23-11-8-13;/h4-5,13H,3,6-12H2,1-2H3,(H2,18,22)(H,19,20);1H. The number of furan rings is 1. The zero-order chi connectivity index (χ0) is 17.4. The van der Waals surface area contributed by atoms with Crippen molar-refractivity contribution < 1.29 is 13.9 Å². The average Bonchev–Trinajstić information content (AvgIpc) is 3.06. The van der Waals surface area contributed by atoms with E-state index in [9.17, 15) is 4.79 Å². The first kappa shape index (κ1) is 21.8. The largest absolute Gasteiger partial charge is 0.454 e. The molecule has 2 rings (SSSR count). The normalized spacial score (nSPS) is 15.5. The molecule has 3 N–H and O–H groups in total. The van der Waals surface area contributed by atoms with Crippen LogP contribution < -0.4 is 11.1 Å². The fourth-order valence-electron chi connectivity index (χ4n) is 2.74. The molecule has 0 bridgehead atoms. The number of hydrogen-bond acceptors (Lipinski definition) is 4. The smallest absolute Gasteiger partial charge is 0.284 e. The molecule has 25 heavy (non-hydrogen) atoms. The van der Waals surface area contributed by atoms with Gasteiger partial charge in [-0.15, -0.1) is 24.0 Å². The van der Waals surface area contributed by atoms with Crippen molar-refractivity contribution in [1.29, 1.82) is 0 Å². The molecule has 1 amide bonds. The number of nitrogens with one attached hydrogen (secondary N) is 1. The molecule has 0 saturated carbocycles. The van der Waals surface area contributed by atoms with E-state index >= 15 is 0 Å². The number of ether oxygens (including phenoxy) is 1. The zero-order valence-corrected chi connectivity index (χ0v) is 17.3. The Morgan fingerprint density at radius 3 is 2.72 bits per heavy atom. The number of carbonyl (C=O) groups is 1. The number of carbonyl (C=O) groups excluding carboxylic acids is 1. The van der Waals surface area contributed by atoms with Gasteiger partial charge >= 0.3 is 0 Å². The summed E-state index contributed by atoms with van der Waals surface area (Å²) in [7, 11) is 2.04. The van der Waals surface area contributed by atoms with Crippen LogP contribution in [0.4, 0.5) is 0 Å². The predicted molar refractivity (Wildman–Crippen MR) is 108 cm³/mol. The lowest BCUT2D eigenvalue weighted by Gasteiger charge is -2.26. The third-order valence-corrected chi connectivity index (χ3v) is 4.20. The van der Waals surface area contributed by atoms with E-state index < -0.39 is 5.91 Å². The lowest BCUT2D eigenvalue weighted by atomic mass is 9.96. The molecule has 0 aliphatic carbocycles. The second-order valence-corrected chi connectivity index (χ2v) is 6.07. The summed E-state index contributed by atoms with van der Waals surface area (Å²) in [6.45, 7) is 5.91. The second-order valence-electron chi connectivity index (χ2n) is 6.07. The molecular formula is C17H29IN4O3. The van der Waals surface area contributed by atoms with E-state index in [0.29, 0.717) is 12.3 Å². The minimum atomic E-state index is -0.564. The molecule has 1 aromatic heterocycles. The summed E-state index contributed by atoms with van der Waals surface area (Å²) in [5.74, 6) is 1.79. The molecule has 0 aromatic carbocycles. The van der Waals surface area contributed by atoms with Crippen LogP contribution in [0.2, 0.25) is 0 Å². The van der Waals surface area contributed by atoms with Gasteiger partial charge in [-0.2, -0.15) is 0 Å². The molecule has 0 unspecified atom stereocenters. The van der Waals surface area contributed by atoms with Gasteiger partial charge in [0, 0.05) is 33.4 Å². The van der Waals surface area contributed by atoms with Crippen LogP contribution in [0.25, 0.3) is 0 Å². The number of nitrogens with two attached hydrogens (primary N) is 1. The predicted octanol–water partition coefficient (Wildman–Crippen LogP) is 2.21. The molecule has 1 aliphatic heterocycles. The highest BCUT2D eigenvalue weighted by Gasteiger charge is 2.15. The van der Waals surface area contributed by atoms with Crippen molar-refractivity contribution in [3.05, 3.63) is 23.7 Å². The minimum Gasteiger partial charge on any atom is -0.454 e. The Morgan fingerprint density at radius 2 is 2.12 bits per heavy atom. The third-order valence-electron chi connectivity index (χ3n) is 4.20. The van der Waals surface area contributed by atoms with E-state index in [0.717, 1.165) is 57.4 Å². The Morgan fingerprint density at radius 1 is 1.40 bits per heavy atom. The molecule has 2 heterocycles. The van der Waals surface area contributed by atoms with Gasteiger partial charge in [-0.3, -0.25) is 4.79 Å². The van der Waals surface area contributed by atoms with Crippen LogP contribution in [0.5, 0.6) is 0 Å². The summed E-state index contributed by atoms with van der Waals surface area (Å²) >= 11 is 0. The maximum atomic E-state index is 11.1. The highest BCUT2D eigenvalue weighted by molar-refractivity contribution is 14.0. The van der Waals surface area contributed by atoms with Gasteiger partial charge in [0.05, 0.1) is 0 Å². The van der Waals surface area contributed by atoms with Crippen molar-refractivity contribution >= 4 is 35.8 Å². The Kier molecular flexibility index (Phi) is 9.88. The SMILES string of the molecule is CCNC(=NCc1ccc(C(N)=O)o1)N(C)CCC1CCOCC1.I. The number of primary amides is 1. The molecule has 8 heteroatoms. The summed E-state index contributed by atoms with van der Waals surface area (Å²) in [5, 5.41) is 3.29. The number of guanidine groups is 1. The van der Waals surface area contributed by atoms with Gasteiger partial charge < -0.3 is 25.1 Å². The quantitative estimate of drug-likeness (QED) is 0.367. The van der Waals surface area contributed by atoms with Crippen LogP contribution in [0, 0.1) is 5.92 Å². The van der Waals surface area contributed by atoms with Crippen molar-refractivity contribution in [2.75, 3.05) is 33.4 Å². The van der Waals surface area contributed by atoms with E-state index in [1.165, 1.54) is 0 Å². The van der Waals surface area contributed by atoms with Gasteiger partial charge in [0.1, 0.15) is 12.3 Å². The van der Waals surface area contributed by atoms with E-state index in [-0.39, 0.29) is 29.7 Å². The number of aliphatic imine (C=N–C) groups is 1. The number of halogens is 1. The first-order valence-electron chi connectivity index (χ1n) is 8.55. The molecule has 1 fully saturated rings. The van der Waals surface area contributed by atoms with Crippen molar-refractivity contribution in [3.8, 4) is 0 Å². The monoisotopic (exact) mass is 464 g/mol. The zero-order valence-electron chi connectivity index (χ0n) is 15.0. The Bertz CT molecular complexity index is 556. The van der Waals surface area contributed by atoms with Crippen molar-refractivity contribution in [1.82, 2.24) is 10.2 Å². The van der Waals surface area contributed by atoms with Crippen LogP contribution in [-0.2, 0) is 11.3 Å². The van der Waals surface area contributed by atoms with Crippen LogP contribution >= 0.6 is 24.0 Å². The molecule has 7 nitrogen and oxygen atoms in total. The van der Waals surface area contributed by atoms with E-state index in [4.69, 9.17) is 14.9 Å². The molecular weight excluding hydrogens is 435 g/mol. The van der Waals surface area contributed by atoms with E-state index in [2.05, 4.69) is 15.2 Å². The van der Waals surface area contributed by atoms with Crippen LogP contribution in [0.1, 0.15) is 42.5 Å². The van der Waals surface area contributed by atoms with Crippen molar-refractivity contribution in [3.63, 3.8) is 0 Å². The Balaban J connectivity index is 0.00000312. The van der Waals surface area contributed by atoms with Gasteiger partial charge in [0.2, 0.25) is 0 Å². The molecule has 1 aromatic rings. The third kappa shape index (κ3) is 7.23. The molecule has 1 saturated heterocycles. The summed E-state index contributed by atoms with van der Waals surface area (Å²) < 4.78 is 10.8. The molecule has 142 valence electrons. The maximum absolute atomic E-state index is 11.1. The minimum absolute atomic E-state index is 0. The van der Waals surface area contributed by atoms with Gasteiger partial charge in [0.15, 0.2) is 11.7 Å². The highest BCUT2D eigenvalue weighted by Crippen LogP contribution is 2.18. The fourth-order valence-corrected chi connectivity index (χ4v) is 2.74. The second kappa shape index (κ2) is 11.3. The van der Waals surface area contributed by atoms with Gasteiger partial charge in [-0.1, -0.05) is 0 Å². The van der Waals surface area contributed by atoms with Crippen molar-refractivity contribution in [2.45, 2.75) is 32.7 Å². The summed E-state index contributed by atoms with van der Waals surface area (Å²) in [6, 6.07) is 3.31. The number of hydrogen-bond donors (Lipinski definition) is 2. The van der Waals surface area contributed by atoms with Crippen LogP contribution in [-0.4, -0.2) is 50.1 Å². The summed E-state index contributed by atoms with van der Waals surface area (Å²) in [6.07, 6.45) is 3.42. The Hall–Kier alpha value is -1.29. The lowest BCUT2D eigenvalue weighted by Crippen LogP contribution is -2.40. The van der Waals surface area contributed by atoms with Gasteiger partial charge in [-0.25, -0.2) is 4.99 Å². The number of nitrogens with zero attached hydrogens (tertiary/aromatic N) is 2. The fraction of sp³-hybridized carbons (Fsp3) is 0.647. The topological polar surface area (TPSA) is 93.1 Å². The van der Waals surface area contributed by atoms with Gasteiger partial charge in [-0.05, 0) is 44.2 Å².